The minimum atomic E-state index is -4.28. The molecule has 218 valence electrons. The second-order valence-electron chi connectivity index (χ2n) is 9.66. The molecule has 5 N–H and O–H groups in total. The van der Waals surface area contributed by atoms with Gasteiger partial charge in [-0.15, -0.1) is 0 Å². The number of fused-ring (bicyclic) bond motifs is 1. The lowest BCUT2D eigenvalue weighted by molar-refractivity contribution is -0.149. The Morgan fingerprint density at radius 2 is 2.00 bits per heavy atom. The molecule has 40 heavy (non-hydrogen) atoms. The van der Waals surface area contributed by atoms with Gasteiger partial charge < -0.3 is 30.2 Å². The number of nitrogens with one attached hydrogen (secondary N) is 2. The van der Waals surface area contributed by atoms with E-state index in [0.29, 0.717) is 11.3 Å². The van der Waals surface area contributed by atoms with Crippen molar-refractivity contribution in [3.8, 4) is 5.75 Å². The monoisotopic (exact) mass is 581 g/mol. The fourth-order valence-corrected chi connectivity index (χ4v) is 5.64. The van der Waals surface area contributed by atoms with E-state index in [9.17, 15) is 14.5 Å². The van der Waals surface area contributed by atoms with Crippen LogP contribution < -0.4 is 20.7 Å². The van der Waals surface area contributed by atoms with E-state index in [2.05, 4.69) is 25.4 Å². The predicted molar refractivity (Wildman–Crippen MR) is 143 cm³/mol. The first-order valence-corrected chi connectivity index (χ1v) is 14.1. The minimum Gasteiger partial charge on any atom is -0.462 e. The first-order valence-electron chi connectivity index (χ1n) is 12.5. The first-order chi connectivity index (χ1) is 18.8. The molecule has 1 aliphatic heterocycles. The van der Waals surface area contributed by atoms with Crippen molar-refractivity contribution >= 4 is 36.6 Å². The van der Waals surface area contributed by atoms with E-state index >= 15 is 4.39 Å². The van der Waals surface area contributed by atoms with Gasteiger partial charge in [0.2, 0.25) is 5.95 Å². The topological polar surface area (TPSA) is 185 Å². The maximum atomic E-state index is 16.0. The van der Waals surface area contributed by atoms with E-state index < -0.39 is 56.6 Å². The normalized spacial score (nSPS) is 25.1. The molecular weight excluding hydrogens is 548 g/mol. The molecule has 6 atom stereocenters. The van der Waals surface area contributed by atoms with E-state index in [4.69, 9.17) is 24.3 Å². The summed E-state index contributed by atoms with van der Waals surface area (Å²) in [6.07, 6.45) is -3.52. The van der Waals surface area contributed by atoms with Gasteiger partial charge in [0.05, 0.1) is 19.0 Å². The highest BCUT2D eigenvalue weighted by Crippen LogP contribution is 2.48. The van der Waals surface area contributed by atoms with Crippen LogP contribution in [0, 0.1) is 0 Å². The molecular formula is C24H33FN7O7P. The van der Waals surface area contributed by atoms with Gasteiger partial charge in [-0.05, 0) is 39.8 Å². The summed E-state index contributed by atoms with van der Waals surface area (Å²) in [5, 5.41) is 16.2. The fourth-order valence-electron chi connectivity index (χ4n) is 4.14. The molecule has 0 aliphatic carbocycles. The average molecular weight is 582 g/mol. The molecule has 3 aromatic rings. The molecule has 0 saturated carbocycles. The Balaban J connectivity index is 1.56. The van der Waals surface area contributed by atoms with E-state index in [1.165, 1.54) is 17.8 Å². The molecule has 3 heterocycles. The second kappa shape index (κ2) is 11.6. The Kier molecular flexibility index (Phi) is 8.61. The third-order valence-corrected chi connectivity index (χ3v) is 7.72. The number of esters is 1. The molecule has 0 radical (unpaired) electrons. The van der Waals surface area contributed by atoms with E-state index in [-0.39, 0.29) is 17.3 Å². The van der Waals surface area contributed by atoms with Crippen LogP contribution >= 0.6 is 7.75 Å². The summed E-state index contributed by atoms with van der Waals surface area (Å²) in [4.78, 5) is 24.8. The van der Waals surface area contributed by atoms with Crippen molar-refractivity contribution < 1.29 is 37.4 Å². The summed E-state index contributed by atoms with van der Waals surface area (Å²) >= 11 is 0. The summed E-state index contributed by atoms with van der Waals surface area (Å²) in [6, 6.07) is 7.05. The van der Waals surface area contributed by atoms with Gasteiger partial charge in [-0.2, -0.15) is 15.1 Å². The molecule has 2 aromatic heterocycles. The van der Waals surface area contributed by atoms with E-state index in [1.54, 1.807) is 51.2 Å². The number of carbonyl (C=O) groups is 1. The number of halogens is 1. The largest absolute Gasteiger partial charge is 0.462 e. The number of ether oxygens (including phenoxy) is 2. The SMILES string of the molecule is CNc1nc(N)nc2c1ncn2[C@@H]1O[C@H](CO[P@@](=O)(N[C@@H](C)C(=O)OC(C)C)Oc2ccccc2)C(O)[C@]1(C)F. The number of imidazole rings is 1. The Hall–Kier alpha value is -3.36. The van der Waals surface area contributed by atoms with Gasteiger partial charge in [0.25, 0.3) is 0 Å². The predicted octanol–water partition coefficient (Wildman–Crippen LogP) is 2.57. The van der Waals surface area contributed by atoms with Gasteiger partial charge in [-0.1, -0.05) is 18.2 Å². The lowest BCUT2D eigenvalue weighted by Crippen LogP contribution is -2.41. The van der Waals surface area contributed by atoms with Crippen molar-refractivity contribution in [3.05, 3.63) is 36.7 Å². The maximum Gasteiger partial charge on any atom is 0.459 e. The quantitative estimate of drug-likeness (QED) is 0.191. The Morgan fingerprint density at radius 3 is 2.65 bits per heavy atom. The van der Waals surface area contributed by atoms with Crippen LogP contribution in [-0.4, -0.2) is 74.3 Å². The van der Waals surface area contributed by atoms with Crippen molar-refractivity contribution in [1.29, 1.82) is 0 Å². The molecule has 0 amide bonds. The van der Waals surface area contributed by atoms with Gasteiger partial charge in [0.15, 0.2) is 28.9 Å². The first kappa shape index (κ1) is 29.6. The number of aliphatic hydroxyl groups excluding tert-OH is 1. The van der Waals surface area contributed by atoms with Gasteiger partial charge >= 0.3 is 13.7 Å². The summed E-state index contributed by atoms with van der Waals surface area (Å²) in [7, 11) is -2.66. The summed E-state index contributed by atoms with van der Waals surface area (Å²) in [6.45, 7) is 5.37. The fraction of sp³-hybridized carbons (Fsp3) is 0.500. The van der Waals surface area contributed by atoms with Crippen LogP contribution in [0.1, 0.15) is 33.9 Å². The molecule has 1 saturated heterocycles. The number of anilines is 2. The number of benzene rings is 1. The molecule has 0 bridgehead atoms. The van der Waals surface area contributed by atoms with Crippen molar-refractivity contribution in [3.63, 3.8) is 0 Å². The number of carbonyl (C=O) groups excluding carboxylic acids is 1. The van der Waals surface area contributed by atoms with Gasteiger partial charge in [-0.25, -0.2) is 13.9 Å². The van der Waals surface area contributed by atoms with E-state index in [1.807, 2.05) is 0 Å². The zero-order valence-corrected chi connectivity index (χ0v) is 23.5. The average Bonchev–Trinajstić information content (AvgIpc) is 3.40. The number of aliphatic hydroxyl groups is 1. The minimum absolute atomic E-state index is 0.0761. The number of nitrogens with zero attached hydrogens (tertiary/aromatic N) is 4. The number of nitrogen functional groups attached to an aromatic ring is 1. The van der Waals surface area contributed by atoms with Gasteiger partial charge in [-0.3, -0.25) is 13.9 Å². The number of para-hydroxylation sites is 1. The third-order valence-electron chi connectivity index (χ3n) is 6.08. The number of hydrogen-bond acceptors (Lipinski definition) is 12. The smallest absolute Gasteiger partial charge is 0.459 e. The molecule has 1 aromatic carbocycles. The van der Waals surface area contributed by atoms with Crippen molar-refractivity contribution in [1.82, 2.24) is 24.6 Å². The van der Waals surface area contributed by atoms with Crippen LogP contribution in [0.4, 0.5) is 16.2 Å². The van der Waals surface area contributed by atoms with Gasteiger partial charge in [0, 0.05) is 7.05 Å². The third kappa shape index (κ3) is 6.18. The standard InChI is InChI=1S/C24H33FN7O7P/c1-13(2)37-21(34)14(3)31-40(35,39-15-9-7-6-8-10-15)36-11-16-18(33)24(4,25)22(38-16)32-12-28-17-19(27-5)29-23(26)30-20(17)32/h6-10,12-14,16,18,22,33H,11H2,1-5H3,(H,31,35)(H3,26,27,29,30)/t14-,16+,18?,22+,24-,40-/m0/s1. The Bertz CT molecular complexity index is 1390. The molecule has 4 rings (SSSR count). The zero-order chi connectivity index (χ0) is 29.2. The molecule has 1 fully saturated rings. The van der Waals surface area contributed by atoms with Crippen LogP contribution in [0.2, 0.25) is 0 Å². The molecule has 16 heteroatoms. The number of nitrogens with two attached hydrogens (primary N) is 1. The maximum absolute atomic E-state index is 16.0. The zero-order valence-electron chi connectivity index (χ0n) is 22.6. The Labute approximate surface area is 230 Å². The van der Waals surface area contributed by atoms with Crippen molar-refractivity contribution in [2.75, 3.05) is 24.7 Å². The lowest BCUT2D eigenvalue weighted by Gasteiger charge is -2.25. The van der Waals surface area contributed by atoms with Crippen LogP contribution in [0.3, 0.4) is 0 Å². The van der Waals surface area contributed by atoms with Crippen LogP contribution in [0.25, 0.3) is 11.2 Å². The lowest BCUT2D eigenvalue weighted by atomic mass is 9.98. The number of aromatic nitrogens is 4. The van der Waals surface area contributed by atoms with Crippen LogP contribution in [-0.2, 0) is 23.4 Å². The summed E-state index contributed by atoms with van der Waals surface area (Å²) in [5.74, 6) is -0.243. The molecule has 14 nitrogen and oxygen atoms in total. The Morgan fingerprint density at radius 1 is 1.30 bits per heavy atom. The highest BCUT2D eigenvalue weighted by atomic mass is 31.2. The molecule has 0 spiro atoms. The van der Waals surface area contributed by atoms with Crippen LogP contribution in [0.15, 0.2) is 36.7 Å². The highest BCUT2D eigenvalue weighted by Gasteiger charge is 2.56. The highest BCUT2D eigenvalue weighted by molar-refractivity contribution is 7.52. The van der Waals surface area contributed by atoms with E-state index in [0.717, 1.165) is 6.92 Å². The van der Waals surface area contributed by atoms with Crippen LogP contribution in [0.5, 0.6) is 5.75 Å². The molecule has 1 aliphatic rings. The number of rotatable bonds is 11. The number of alkyl halides is 1. The summed E-state index contributed by atoms with van der Waals surface area (Å²) < 4.78 is 53.2. The van der Waals surface area contributed by atoms with Crippen molar-refractivity contribution in [2.24, 2.45) is 0 Å². The van der Waals surface area contributed by atoms with Crippen molar-refractivity contribution in [2.45, 2.75) is 63.9 Å². The molecule has 1 unspecified atom stereocenters. The second-order valence-corrected chi connectivity index (χ2v) is 11.4. The summed E-state index contributed by atoms with van der Waals surface area (Å²) in [5.41, 5.74) is 3.94. The number of hydrogen-bond donors (Lipinski definition) is 4. The van der Waals surface area contributed by atoms with Gasteiger partial charge in [0.1, 0.15) is 24.0 Å².